The molecule has 2 aromatic carbocycles. The predicted molar refractivity (Wildman–Crippen MR) is 147 cm³/mol. The molecule has 0 aliphatic carbocycles. The first-order valence-electron chi connectivity index (χ1n) is 12.0. The number of furan rings is 1. The number of nitrogens with zero attached hydrogens (tertiary/aromatic N) is 5. The standard InChI is InChI=1S/C26H25N5O6S2/c1-18-3-12-25(37-18)19(2)28-30-24(20-4-8-22(9-5-20)31(32)33)17-38-26(30)27-21-6-10-23(11-7-21)39(34,35)29-13-15-36-16-14-29/h3-12,17H,13-16H2,1-2H3. The zero-order chi connectivity index (χ0) is 27.6. The highest BCUT2D eigenvalue weighted by molar-refractivity contribution is 7.89. The van der Waals surface area contributed by atoms with Crippen molar-refractivity contribution in [3.05, 3.63) is 92.5 Å². The van der Waals surface area contributed by atoms with E-state index in [0.717, 1.165) is 11.3 Å². The molecule has 11 nitrogen and oxygen atoms in total. The Kier molecular flexibility index (Phi) is 7.57. The van der Waals surface area contributed by atoms with E-state index in [2.05, 4.69) is 0 Å². The second-order valence-electron chi connectivity index (χ2n) is 8.74. The van der Waals surface area contributed by atoms with E-state index in [9.17, 15) is 18.5 Å². The molecule has 1 saturated heterocycles. The number of thiazole rings is 1. The average Bonchev–Trinajstić information content (AvgIpc) is 3.55. The number of aryl methyl sites for hydroxylation is 1. The van der Waals surface area contributed by atoms with Crippen LogP contribution in [-0.2, 0) is 14.8 Å². The molecule has 0 bridgehead atoms. The van der Waals surface area contributed by atoms with Gasteiger partial charge in [-0.2, -0.15) is 9.41 Å². The zero-order valence-electron chi connectivity index (χ0n) is 21.2. The molecule has 0 N–H and O–H groups in total. The summed E-state index contributed by atoms with van der Waals surface area (Å²) in [5.74, 6) is 1.35. The highest BCUT2D eigenvalue weighted by Gasteiger charge is 2.26. The summed E-state index contributed by atoms with van der Waals surface area (Å²) in [5.41, 5.74) is 2.55. The number of morpholine rings is 1. The molecule has 39 heavy (non-hydrogen) atoms. The molecular weight excluding hydrogens is 542 g/mol. The maximum atomic E-state index is 13.0. The van der Waals surface area contributed by atoms with Gasteiger partial charge in [-0.3, -0.25) is 10.1 Å². The van der Waals surface area contributed by atoms with Crippen molar-refractivity contribution in [2.75, 3.05) is 26.3 Å². The lowest BCUT2D eigenvalue weighted by atomic mass is 10.1. The van der Waals surface area contributed by atoms with Crippen molar-refractivity contribution in [2.24, 2.45) is 10.1 Å². The summed E-state index contributed by atoms with van der Waals surface area (Å²) in [4.78, 5) is 16.1. The van der Waals surface area contributed by atoms with E-state index in [1.165, 1.54) is 27.8 Å². The minimum Gasteiger partial charge on any atom is -0.460 e. The van der Waals surface area contributed by atoms with Crippen LogP contribution in [0.4, 0.5) is 11.4 Å². The number of nitro groups is 1. The summed E-state index contributed by atoms with van der Waals surface area (Å²) in [6.45, 7) is 5.06. The molecule has 0 atom stereocenters. The van der Waals surface area contributed by atoms with Gasteiger partial charge in [-0.05, 0) is 62.4 Å². The summed E-state index contributed by atoms with van der Waals surface area (Å²) < 4.78 is 40.0. The summed E-state index contributed by atoms with van der Waals surface area (Å²) >= 11 is 1.34. The SMILES string of the molecule is CC(=Nn1c(-c2ccc([N+](=O)[O-])cc2)csc1=Nc1ccc(S(=O)(=O)N2CCOCC2)cc1)c1ccc(C)o1. The molecule has 4 aromatic rings. The van der Waals surface area contributed by atoms with Crippen LogP contribution in [0.3, 0.4) is 0 Å². The molecule has 1 fully saturated rings. The zero-order valence-corrected chi connectivity index (χ0v) is 22.8. The third-order valence-corrected chi connectivity index (χ3v) is 8.80. The van der Waals surface area contributed by atoms with Gasteiger partial charge in [0, 0.05) is 36.2 Å². The summed E-state index contributed by atoms with van der Waals surface area (Å²) in [7, 11) is -3.62. The number of sulfonamides is 1. The van der Waals surface area contributed by atoms with E-state index in [-0.39, 0.29) is 10.6 Å². The van der Waals surface area contributed by atoms with Crippen molar-refractivity contribution in [2.45, 2.75) is 18.7 Å². The first-order valence-corrected chi connectivity index (χ1v) is 14.3. The van der Waals surface area contributed by atoms with Gasteiger partial charge in [-0.25, -0.2) is 18.1 Å². The van der Waals surface area contributed by atoms with Crippen LogP contribution in [-0.4, -0.2) is 54.3 Å². The van der Waals surface area contributed by atoms with Crippen LogP contribution in [0.1, 0.15) is 18.4 Å². The van der Waals surface area contributed by atoms with Gasteiger partial charge in [0.05, 0.1) is 34.4 Å². The smallest absolute Gasteiger partial charge is 0.269 e. The third-order valence-electron chi connectivity index (χ3n) is 6.08. The molecular formula is C26H25N5O6S2. The molecule has 5 rings (SSSR count). The number of hydrogen-bond donors (Lipinski definition) is 0. The third kappa shape index (κ3) is 5.76. The van der Waals surface area contributed by atoms with Gasteiger partial charge in [0.2, 0.25) is 14.8 Å². The maximum absolute atomic E-state index is 13.0. The molecule has 0 saturated carbocycles. The molecule has 202 valence electrons. The predicted octanol–water partition coefficient (Wildman–Crippen LogP) is 4.55. The van der Waals surface area contributed by atoms with Crippen LogP contribution in [0.2, 0.25) is 0 Å². The van der Waals surface area contributed by atoms with Gasteiger partial charge in [-0.1, -0.05) is 0 Å². The Morgan fingerprint density at radius 2 is 1.72 bits per heavy atom. The topological polar surface area (TPSA) is 133 Å². The van der Waals surface area contributed by atoms with E-state index in [0.29, 0.717) is 54.0 Å². The first-order chi connectivity index (χ1) is 18.7. The van der Waals surface area contributed by atoms with Crippen LogP contribution in [0.25, 0.3) is 11.3 Å². The summed E-state index contributed by atoms with van der Waals surface area (Å²) in [6, 6.07) is 16.3. The Morgan fingerprint density at radius 1 is 1.03 bits per heavy atom. The van der Waals surface area contributed by atoms with Gasteiger partial charge in [0.15, 0.2) is 0 Å². The summed E-state index contributed by atoms with van der Waals surface area (Å²) in [5, 5.41) is 17.7. The molecule has 1 aliphatic rings. The van der Waals surface area contributed by atoms with E-state index in [1.54, 1.807) is 41.1 Å². The van der Waals surface area contributed by atoms with E-state index >= 15 is 0 Å². The first kappa shape index (κ1) is 26.7. The van der Waals surface area contributed by atoms with E-state index in [1.807, 2.05) is 31.4 Å². The van der Waals surface area contributed by atoms with Crippen molar-refractivity contribution >= 4 is 38.4 Å². The van der Waals surface area contributed by atoms with E-state index < -0.39 is 14.9 Å². The lowest BCUT2D eigenvalue weighted by Gasteiger charge is -2.26. The molecule has 0 amide bonds. The quantitative estimate of drug-likeness (QED) is 0.183. The number of hydrogen-bond acceptors (Lipinski definition) is 9. The minimum atomic E-state index is -3.62. The largest absolute Gasteiger partial charge is 0.460 e. The second kappa shape index (κ2) is 11.1. The Hall–Kier alpha value is -3.91. The average molecular weight is 568 g/mol. The fraction of sp³-hybridized carbons (Fsp3) is 0.231. The van der Waals surface area contributed by atoms with Crippen molar-refractivity contribution in [1.29, 1.82) is 0 Å². The Labute approximate surface area is 228 Å². The van der Waals surface area contributed by atoms with Crippen LogP contribution in [0.15, 0.2) is 85.5 Å². The second-order valence-corrected chi connectivity index (χ2v) is 11.5. The monoisotopic (exact) mass is 567 g/mol. The molecule has 0 radical (unpaired) electrons. The van der Waals surface area contributed by atoms with Crippen LogP contribution >= 0.6 is 11.3 Å². The Morgan fingerprint density at radius 3 is 2.33 bits per heavy atom. The van der Waals surface area contributed by atoms with Crippen LogP contribution in [0, 0.1) is 17.0 Å². The molecule has 1 aliphatic heterocycles. The highest BCUT2D eigenvalue weighted by atomic mass is 32.2. The highest BCUT2D eigenvalue weighted by Crippen LogP contribution is 2.25. The van der Waals surface area contributed by atoms with Gasteiger partial charge in [-0.15, -0.1) is 11.3 Å². The minimum absolute atomic E-state index is 0.0108. The van der Waals surface area contributed by atoms with Gasteiger partial charge in [0.1, 0.15) is 17.2 Å². The molecule has 13 heteroatoms. The fourth-order valence-electron chi connectivity index (χ4n) is 3.99. The Balaban J connectivity index is 1.55. The molecule has 3 heterocycles. The van der Waals surface area contributed by atoms with E-state index in [4.69, 9.17) is 19.2 Å². The van der Waals surface area contributed by atoms with Gasteiger partial charge >= 0.3 is 0 Å². The summed E-state index contributed by atoms with van der Waals surface area (Å²) in [6.07, 6.45) is 0. The fourth-order valence-corrected chi connectivity index (χ4v) is 6.25. The number of rotatable bonds is 7. The Bertz CT molecular complexity index is 1690. The van der Waals surface area contributed by atoms with Crippen LogP contribution in [0.5, 0.6) is 0 Å². The van der Waals surface area contributed by atoms with Crippen molar-refractivity contribution in [1.82, 2.24) is 8.98 Å². The van der Waals surface area contributed by atoms with Gasteiger partial charge in [0.25, 0.3) is 5.69 Å². The number of ether oxygens (including phenoxy) is 1. The lowest BCUT2D eigenvalue weighted by Crippen LogP contribution is -2.40. The number of benzene rings is 2. The molecule has 2 aromatic heterocycles. The number of nitro benzene ring substituents is 1. The number of non-ortho nitro benzene ring substituents is 1. The lowest BCUT2D eigenvalue weighted by molar-refractivity contribution is -0.384. The number of aromatic nitrogens is 1. The van der Waals surface area contributed by atoms with Gasteiger partial charge < -0.3 is 9.15 Å². The molecule has 0 unspecified atom stereocenters. The van der Waals surface area contributed by atoms with Crippen molar-refractivity contribution in [3.8, 4) is 11.3 Å². The van der Waals surface area contributed by atoms with Crippen LogP contribution < -0.4 is 4.80 Å². The van der Waals surface area contributed by atoms with Crippen molar-refractivity contribution in [3.63, 3.8) is 0 Å². The van der Waals surface area contributed by atoms with Crippen molar-refractivity contribution < 1.29 is 22.5 Å². The maximum Gasteiger partial charge on any atom is 0.269 e. The normalized spacial score (nSPS) is 15.5. The molecule has 0 spiro atoms.